The third-order valence-corrected chi connectivity index (χ3v) is 5.43. The first-order chi connectivity index (χ1) is 13.2. The second-order valence-corrected chi connectivity index (χ2v) is 7.05. The smallest absolute Gasteiger partial charge is 0.165 e. The molecule has 1 N–H and O–H groups in total. The van der Waals surface area contributed by atoms with E-state index in [0.717, 1.165) is 61.1 Å². The monoisotopic (exact) mass is 374 g/mol. The summed E-state index contributed by atoms with van der Waals surface area (Å²) < 4.78 is 18.8. The number of aromatic nitrogens is 3. The van der Waals surface area contributed by atoms with Crippen LogP contribution in [0.2, 0.25) is 0 Å². The van der Waals surface area contributed by atoms with Crippen LogP contribution in [0.25, 0.3) is 0 Å². The van der Waals surface area contributed by atoms with Gasteiger partial charge >= 0.3 is 0 Å². The summed E-state index contributed by atoms with van der Waals surface area (Å²) in [6.07, 6.45) is 2.04. The Labute approximate surface area is 158 Å². The van der Waals surface area contributed by atoms with Crippen molar-refractivity contribution in [3.05, 3.63) is 29.3 Å². The zero-order valence-corrected chi connectivity index (χ0v) is 15.8. The molecule has 2 aliphatic rings. The number of benzene rings is 1. The summed E-state index contributed by atoms with van der Waals surface area (Å²) >= 11 is 0. The van der Waals surface area contributed by atoms with Gasteiger partial charge < -0.3 is 23.9 Å². The van der Waals surface area contributed by atoms with Crippen molar-refractivity contribution in [2.24, 2.45) is 7.05 Å². The average molecular weight is 374 g/mol. The zero-order valence-electron chi connectivity index (χ0n) is 15.8. The maximum Gasteiger partial charge on any atom is 0.165 e. The van der Waals surface area contributed by atoms with Crippen LogP contribution < -0.4 is 14.2 Å². The molecule has 4 rings (SSSR count). The van der Waals surface area contributed by atoms with Gasteiger partial charge in [-0.2, -0.15) is 0 Å². The molecule has 1 aromatic carbocycles. The summed E-state index contributed by atoms with van der Waals surface area (Å²) in [6, 6.07) is 3.96. The quantitative estimate of drug-likeness (QED) is 0.849. The molecule has 0 bridgehead atoms. The van der Waals surface area contributed by atoms with Gasteiger partial charge in [-0.1, -0.05) is 0 Å². The first kappa shape index (κ1) is 18.1. The number of hydrogen-bond donors (Lipinski definition) is 1. The Bertz CT molecular complexity index is 799. The summed E-state index contributed by atoms with van der Waals surface area (Å²) in [4.78, 5) is 2.42. The lowest BCUT2D eigenvalue weighted by Gasteiger charge is -2.32. The summed E-state index contributed by atoms with van der Waals surface area (Å²) in [6.45, 7) is 3.84. The van der Waals surface area contributed by atoms with Gasteiger partial charge in [0.1, 0.15) is 31.4 Å². The number of likely N-dealkylation sites (tertiary alicyclic amines) is 1. The lowest BCUT2D eigenvalue weighted by atomic mass is 9.95. The molecule has 8 nitrogen and oxygen atoms in total. The molecule has 146 valence electrons. The largest absolute Gasteiger partial charge is 0.496 e. The van der Waals surface area contributed by atoms with Crippen LogP contribution in [0.15, 0.2) is 12.1 Å². The topological polar surface area (TPSA) is 81.9 Å². The van der Waals surface area contributed by atoms with Crippen molar-refractivity contribution < 1.29 is 19.3 Å². The molecule has 27 heavy (non-hydrogen) atoms. The van der Waals surface area contributed by atoms with Crippen LogP contribution in [0, 0.1) is 0 Å². The SMILES string of the molecule is COc1cc2c(cc1CN1CCC(c3nnc(CO)n3C)CC1)OCCO2. The first-order valence-electron chi connectivity index (χ1n) is 9.37. The number of nitrogens with zero attached hydrogens (tertiary/aromatic N) is 4. The molecule has 1 fully saturated rings. The van der Waals surface area contributed by atoms with Gasteiger partial charge in [-0.25, -0.2) is 0 Å². The lowest BCUT2D eigenvalue weighted by molar-refractivity contribution is 0.168. The van der Waals surface area contributed by atoms with Gasteiger partial charge in [0, 0.05) is 31.1 Å². The fraction of sp³-hybridized carbons (Fsp3) is 0.579. The highest BCUT2D eigenvalue weighted by Gasteiger charge is 2.26. The van der Waals surface area contributed by atoms with Gasteiger partial charge in [-0.05, 0) is 32.0 Å². The van der Waals surface area contributed by atoms with Crippen molar-refractivity contribution in [1.82, 2.24) is 19.7 Å². The maximum absolute atomic E-state index is 9.31. The number of aliphatic hydroxyl groups excluding tert-OH is 1. The molecular formula is C19H26N4O4. The molecule has 0 aliphatic carbocycles. The average Bonchev–Trinajstić information content (AvgIpc) is 3.08. The molecule has 2 aliphatic heterocycles. The van der Waals surface area contributed by atoms with E-state index >= 15 is 0 Å². The highest BCUT2D eigenvalue weighted by atomic mass is 16.6. The molecule has 0 spiro atoms. The van der Waals surface area contributed by atoms with E-state index in [2.05, 4.69) is 15.1 Å². The summed E-state index contributed by atoms with van der Waals surface area (Å²) in [5, 5.41) is 17.7. The van der Waals surface area contributed by atoms with Crippen LogP contribution in [0.4, 0.5) is 0 Å². The number of fused-ring (bicyclic) bond motifs is 1. The number of hydrogen-bond acceptors (Lipinski definition) is 7. The summed E-state index contributed by atoms with van der Waals surface area (Å²) in [5.41, 5.74) is 1.11. The Morgan fingerprint density at radius 1 is 1.15 bits per heavy atom. The zero-order chi connectivity index (χ0) is 18.8. The minimum absolute atomic E-state index is 0.0771. The van der Waals surface area contributed by atoms with Gasteiger partial charge in [0.2, 0.25) is 0 Å². The van der Waals surface area contributed by atoms with E-state index in [1.807, 2.05) is 23.7 Å². The van der Waals surface area contributed by atoms with E-state index < -0.39 is 0 Å². The van der Waals surface area contributed by atoms with Gasteiger partial charge in [-0.3, -0.25) is 4.90 Å². The molecule has 0 radical (unpaired) electrons. The lowest BCUT2D eigenvalue weighted by Crippen LogP contribution is -2.33. The molecule has 0 saturated carbocycles. The Hall–Kier alpha value is -2.32. The molecule has 0 atom stereocenters. The van der Waals surface area contributed by atoms with Crippen LogP contribution in [-0.4, -0.2) is 58.2 Å². The molecule has 1 saturated heterocycles. The van der Waals surface area contributed by atoms with Crippen LogP contribution in [0.5, 0.6) is 17.2 Å². The second-order valence-electron chi connectivity index (χ2n) is 7.05. The van der Waals surface area contributed by atoms with Gasteiger partial charge in [0.25, 0.3) is 0 Å². The number of rotatable bonds is 5. The Balaban J connectivity index is 1.42. The fourth-order valence-electron chi connectivity index (χ4n) is 3.88. The highest BCUT2D eigenvalue weighted by Crippen LogP contribution is 2.38. The standard InChI is InChI=1S/C19H26N4O4/c1-22-18(12-24)20-21-19(22)13-3-5-23(6-4-13)11-14-9-16-17(10-15(14)25-2)27-8-7-26-16/h9-10,13,24H,3-8,11-12H2,1-2H3. The third kappa shape index (κ3) is 3.59. The molecule has 2 aromatic rings. The molecule has 3 heterocycles. The van der Waals surface area contributed by atoms with Crippen molar-refractivity contribution in [1.29, 1.82) is 0 Å². The summed E-state index contributed by atoms with van der Waals surface area (Å²) in [7, 11) is 3.61. The van der Waals surface area contributed by atoms with E-state index in [4.69, 9.17) is 14.2 Å². The van der Waals surface area contributed by atoms with E-state index in [-0.39, 0.29) is 6.61 Å². The maximum atomic E-state index is 9.31. The number of ether oxygens (including phenoxy) is 3. The number of aliphatic hydroxyl groups is 1. The van der Waals surface area contributed by atoms with Crippen LogP contribution in [0.1, 0.15) is 36.0 Å². The van der Waals surface area contributed by atoms with Gasteiger partial charge in [-0.15, -0.1) is 10.2 Å². The molecule has 1 aromatic heterocycles. The van der Waals surface area contributed by atoms with Crippen molar-refractivity contribution in [3.63, 3.8) is 0 Å². The van der Waals surface area contributed by atoms with Crippen LogP contribution in [0.3, 0.4) is 0 Å². The van der Waals surface area contributed by atoms with Gasteiger partial charge in [0.05, 0.1) is 7.11 Å². The normalized spacial score (nSPS) is 17.9. The van der Waals surface area contributed by atoms with Crippen molar-refractivity contribution in [2.45, 2.75) is 31.9 Å². The molecule has 0 amide bonds. The Morgan fingerprint density at radius 2 is 1.85 bits per heavy atom. The van der Waals surface area contributed by atoms with Crippen LogP contribution >= 0.6 is 0 Å². The molecule has 0 unspecified atom stereocenters. The number of piperidine rings is 1. The van der Waals surface area contributed by atoms with E-state index in [0.29, 0.717) is 25.0 Å². The predicted molar refractivity (Wildman–Crippen MR) is 98.2 cm³/mol. The van der Waals surface area contributed by atoms with Gasteiger partial charge in [0.15, 0.2) is 17.3 Å². The van der Waals surface area contributed by atoms with Crippen molar-refractivity contribution >= 4 is 0 Å². The molecule has 8 heteroatoms. The molecular weight excluding hydrogens is 348 g/mol. The highest BCUT2D eigenvalue weighted by molar-refractivity contribution is 5.51. The third-order valence-electron chi connectivity index (χ3n) is 5.43. The fourth-order valence-corrected chi connectivity index (χ4v) is 3.88. The minimum Gasteiger partial charge on any atom is -0.496 e. The second kappa shape index (κ2) is 7.74. The van der Waals surface area contributed by atoms with E-state index in [1.54, 1.807) is 7.11 Å². The Kier molecular flexibility index (Phi) is 5.18. The number of methoxy groups -OCH3 is 1. The van der Waals surface area contributed by atoms with E-state index in [9.17, 15) is 5.11 Å². The van der Waals surface area contributed by atoms with E-state index in [1.165, 1.54) is 0 Å². The summed E-state index contributed by atoms with van der Waals surface area (Å²) in [5.74, 6) is 4.35. The van der Waals surface area contributed by atoms with Crippen molar-refractivity contribution in [3.8, 4) is 17.2 Å². The first-order valence-corrected chi connectivity index (χ1v) is 9.37. The van der Waals surface area contributed by atoms with Crippen LogP contribution in [-0.2, 0) is 20.2 Å². The minimum atomic E-state index is -0.0771. The Morgan fingerprint density at radius 3 is 2.48 bits per heavy atom. The van der Waals surface area contributed by atoms with Crippen molar-refractivity contribution in [2.75, 3.05) is 33.4 Å². The predicted octanol–water partition coefficient (Wildman–Crippen LogP) is 1.47.